The molecule has 1 aromatic carbocycles. The van der Waals surface area contributed by atoms with E-state index >= 15 is 0 Å². The Hall–Kier alpha value is -3.62. The Bertz CT molecular complexity index is 1400. The van der Waals surface area contributed by atoms with Crippen LogP contribution < -0.4 is 16.0 Å². The lowest BCUT2D eigenvalue weighted by atomic mass is 10.2. The van der Waals surface area contributed by atoms with Gasteiger partial charge in [-0.2, -0.15) is 13.2 Å². The summed E-state index contributed by atoms with van der Waals surface area (Å²) in [6.07, 6.45) is -0.520. The quantitative estimate of drug-likeness (QED) is 0.274. The van der Waals surface area contributed by atoms with Crippen molar-refractivity contribution in [3.05, 3.63) is 74.5 Å². The van der Waals surface area contributed by atoms with Crippen LogP contribution in [0.15, 0.2) is 48.4 Å². The Morgan fingerprint density at radius 2 is 1.89 bits per heavy atom. The predicted molar refractivity (Wildman–Crippen MR) is 130 cm³/mol. The Balaban J connectivity index is 1.40. The van der Waals surface area contributed by atoms with Gasteiger partial charge in [-0.3, -0.25) is 9.59 Å². The number of alkyl halides is 3. The molecule has 186 valence electrons. The minimum Gasteiger partial charge on any atom is -0.342 e. The summed E-state index contributed by atoms with van der Waals surface area (Å²) in [6, 6.07) is 3.96. The lowest BCUT2D eigenvalue weighted by molar-refractivity contribution is -0.137. The average molecular weight is 554 g/mol. The normalized spacial score (nSPS) is 12.1. The van der Waals surface area contributed by atoms with Crippen LogP contribution in [0.2, 0.25) is 5.02 Å². The molecule has 3 aromatic heterocycles. The monoisotopic (exact) mass is 553 g/mol. The van der Waals surface area contributed by atoms with Crippen LogP contribution in [-0.2, 0) is 6.18 Å². The third kappa shape index (κ3) is 6.13. The third-order valence-corrected chi connectivity index (χ3v) is 6.76. The van der Waals surface area contributed by atoms with Gasteiger partial charge in [0.2, 0.25) is 0 Å². The number of benzene rings is 1. The van der Waals surface area contributed by atoms with E-state index in [9.17, 15) is 22.8 Å². The molecule has 0 aliphatic carbocycles. The zero-order chi connectivity index (χ0) is 25.9. The molecular weight excluding hydrogens is 539 g/mol. The van der Waals surface area contributed by atoms with E-state index in [0.29, 0.717) is 16.0 Å². The highest BCUT2D eigenvalue weighted by atomic mass is 35.5. The highest BCUT2D eigenvalue weighted by Gasteiger charge is 2.33. The molecule has 0 radical (unpaired) electrons. The minimum absolute atomic E-state index is 0.0704. The number of thiazole rings is 2. The van der Waals surface area contributed by atoms with Crippen molar-refractivity contribution in [1.29, 1.82) is 0 Å². The number of halogens is 4. The average Bonchev–Trinajstić information content (AvgIpc) is 3.52. The van der Waals surface area contributed by atoms with Crippen molar-refractivity contribution >= 4 is 62.7 Å². The van der Waals surface area contributed by atoms with E-state index in [-0.39, 0.29) is 16.3 Å². The van der Waals surface area contributed by atoms with Crippen molar-refractivity contribution in [2.24, 2.45) is 0 Å². The zero-order valence-corrected chi connectivity index (χ0v) is 20.5. The largest absolute Gasteiger partial charge is 0.417 e. The molecule has 0 fully saturated rings. The summed E-state index contributed by atoms with van der Waals surface area (Å²) < 4.78 is 39.2. The van der Waals surface area contributed by atoms with Crippen LogP contribution in [0.5, 0.6) is 0 Å². The number of carbonyl (C=O) groups is 2. The molecule has 9 nitrogen and oxygen atoms in total. The number of carbonyl (C=O) groups excluding carboxylic acids is 2. The lowest BCUT2D eigenvalue weighted by Crippen LogP contribution is -2.27. The van der Waals surface area contributed by atoms with E-state index in [0.717, 1.165) is 23.5 Å². The topological polar surface area (TPSA) is 122 Å². The summed E-state index contributed by atoms with van der Waals surface area (Å²) in [7, 11) is 0. The molecule has 0 aliphatic rings. The zero-order valence-electron chi connectivity index (χ0n) is 18.1. The Morgan fingerprint density at radius 1 is 1.08 bits per heavy atom. The predicted octanol–water partition coefficient (Wildman–Crippen LogP) is 5.55. The molecule has 15 heteroatoms. The van der Waals surface area contributed by atoms with Gasteiger partial charge in [-0.1, -0.05) is 11.6 Å². The van der Waals surface area contributed by atoms with E-state index < -0.39 is 34.6 Å². The van der Waals surface area contributed by atoms with Crippen molar-refractivity contribution in [3.63, 3.8) is 0 Å². The second-order valence-electron chi connectivity index (χ2n) is 7.16. The molecule has 1 unspecified atom stereocenters. The van der Waals surface area contributed by atoms with Crippen molar-refractivity contribution in [2.45, 2.75) is 19.1 Å². The van der Waals surface area contributed by atoms with Gasteiger partial charge < -0.3 is 16.0 Å². The Morgan fingerprint density at radius 3 is 2.61 bits per heavy atom. The van der Waals surface area contributed by atoms with E-state index in [1.165, 1.54) is 36.0 Å². The van der Waals surface area contributed by atoms with E-state index in [1.54, 1.807) is 18.5 Å². The number of hydrogen-bond donors (Lipinski definition) is 3. The van der Waals surface area contributed by atoms with Crippen LogP contribution in [0, 0.1) is 0 Å². The highest BCUT2D eigenvalue weighted by Crippen LogP contribution is 2.36. The standard InChI is InChI=1S/C21H15ClF3N7O2S2/c1-10(30-17(33)14-7-16(29-9-28-14)32-20-26-4-5-35-20)19-27-8-15(36-19)18(34)31-11-2-3-13(22)12(6-11)21(23,24)25/h2-10H,1H3,(H,30,33)(H,31,34)(H,26,28,29,32). The van der Waals surface area contributed by atoms with Gasteiger partial charge in [-0.05, 0) is 25.1 Å². The molecule has 3 N–H and O–H groups in total. The van der Waals surface area contributed by atoms with Gasteiger partial charge in [-0.15, -0.1) is 22.7 Å². The van der Waals surface area contributed by atoms with Gasteiger partial charge in [0.1, 0.15) is 27.7 Å². The molecule has 0 saturated heterocycles. The SMILES string of the molecule is CC(NC(=O)c1cc(Nc2nccs2)ncn1)c1ncc(C(=O)Nc2ccc(Cl)c(C(F)(F)F)c2)s1. The maximum atomic E-state index is 13.1. The van der Waals surface area contributed by atoms with Crippen LogP contribution in [0.1, 0.15) is 43.7 Å². The van der Waals surface area contributed by atoms with Gasteiger partial charge in [0.15, 0.2) is 5.13 Å². The van der Waals surface area contributed by atoms with Crippen molar-refractivity contribution in [2.75, 3.05) is 10.6 Å². The number of hydrogen-bond acceptors (Lipinski definition) is 9. The minimum atomic E-state index is -4.66. The fourth-order valence-corrected chi connectivity index (χ4v) is 4.46. The number of rotatable bonds is 7. The summed E-state index contributed by atoms with van der Waals surface area (Å²) in [5.74, 6) is -0.752. The molecular formula is C21H15ClF3N7O2S2. The molecule has 0 bridgehead atoms. The third-order valence-electron chi connectivity index (χ3n) is 4.56. The van der Waals surface area contributed by atoms with Gasteiger partial charge >= 0.3 is 6.18 Å². The first kappa shape index (κ1) is 25.5. The van der Waals surface area contributed by atoms with Gasteiger partial charge in [0.05, 0.1) is 22.8 Å². The first-order valence-electron chi connectivity index (χ1n) is 10.0. The molecule has 0 spiro atoms. The number of anilines is 3. The van der Waals surface area contributed by atoms with Crippen molar-refractivity contribution in [1.82, 2.24) is 25.3 Å². The second-order valence-corrected chi connectivity index (χ2v) is 9.52. The number of aromatic nitrogens is 4. The molecule has 1 atom stereocenters. The van der Waals surface area contributed by atoms with E-state index in [4.69, 9.17) is 11.6 Å². The van der Waals surface area contributed by atoms with Gasteiger partial charge in [0, 0.05) is 23.3 Å². The van der Waals surface area contributed by atoms with Crippen LogP contribution in [0.4, 0.5) is 29.8 Å². The van der Waals surface area contributed by atoms with E-state index in [1.807, 2.05) is 0 Å². The van der Waals surface area contributed by atoms with Crippen molar-refractivity contribution in [3.8, 4) is 0 Å². The number of nitrogens with zero attached hydrogens (tertiary/aromatic N) is 4. The first-order chi connectivity index (χ1) is 17.1. The van der Waals surface area contributed by atoms with Crippen molar-refractivity contribution < 1.29 is 22.8 Å². The number of amides is 2. The molecule has 36 heavy (non-hydrogen) atoms. The van der Waals surface area contributed by atoms with E-state index in [2.05, 4.69) is 35.9 Å². The van der Waals surface area contributed by atoms with Crippen LogP contribution in [0.3, 0.4) is 0 Å². The fraction of sp³-hybridized carbons (Fsp3) is 0.143. The van der Waals surface area contributed by atoms with Crippen LogP contribution >= 0.6 is 34.3 Å². The van der Waals surface area contributed by atoms with Crippen LogP contribution in [-0.4, -0.2) is 31.8 Å². The summed E-state index contributed by atoms with van der Waals surface area (Å²) in [5, 5.41) is 10.4. The Kier molecular flexibility index (Phi) is 7.47. The summed E-state index contributed by atoms with van der Waals surface area (Å²) in [4.78, 5) is 41.6. The first-order valence-corrected chi connectivity index (χ1v) is 12.1. The molecule has 3 heterocycles. The maximum Gasteiger partial charge on any atom is 0.417 e. The summed E-state index contributed by atoms with van der Waals surface area (Å²) in [6.45, 7) is 1.67. The molecule has 0 aliphatic heterocycles. The molecule has 2 amide bonds. The Labute approximate surface area is 214 Å². The van der Waals surface area contributed by atoms with Gasteiger partial charge in [-0.25, -0.2) is 19.9 Å². The second kappa shape index (κ2) is 10.6. The summed E-state index contributed by atoms with van der Waals surface area (Å²) in [5.41, 5.74) is -1.02. The number of nitrogens with one attached hydrogen (secondary N) is 3. The smallest absolute Gasteiger partial charge is 0.342 e. The van der Waals surface area contributed by atoms with Gasteiger partial charge in [0.25, 0.3) is 11.8 Å². The van der Waals surface area contributed by atoms with Crippen LogP contribution in [0.25, 0.3) is 0 Å². The maximum absolute atomic E-state index is 13.1. The molecule has 0 saturated carbocycles. The highest BCUT2D eigenvalue weighted by molar-refractivity contribution is 7.14. The fourth-order valence-electron chi connectivity index (χ4n) is 2.88. The molecule has 4 rings (SSSR count). The molecule has 4 aromatic rings. The lowest BCUT2D eigenvalue weighted by Gasteiger charge is -2.12. The summed E-state index contributed by atoms with van der Waals surface area (Å²) >= 11 is 7.96.